The normalized spacial score (nSPS) is 15.2. The van der Waals surface area contributed by atoms with Crippen molar-refractivity contribution in [3.05, 3.63) is 0 Å². The molecule has 44 nitrogen and oxygen atoms in total. The monoisotopic (exact) mass is 1470 g/mol. The summed E-state index contributed by atoms with van der Waals surface area (Å²) >= 11 is 0. The molecule has 0 saturated carbocycles. The van der Waals surface area contributed by atoms with Crippen molar-refractivity contribution in [3.63, 3.8) is 0 Å². The van der Waals surface area contributed by atoms with Gasteiger partial charge >= 0.3 is 12.0 Å². The highest BCUT2D eigenvalue weighted by atomic mass is 16.4. The van der Waals surface area contributed by atoms with Crippen LogP contribution in [0, 0.1) is 0 Å². The lowest BCUT2D eigenvalue weighted by Gasteiger charge is -2.30. The minimum Gasteiger partial charge on any atom is -0.480 e. The van der Waals surface area contributed by atoms with E-state index in [-0.39, 0.29) is 198 Å². The maximum Gasteiger partial charge on any atom is 0.322 e. The predicted molar refractivity (Wildman–Crippen MR) is 383 cm³/mol. The number of aliphatic imine (C=N–C) groups is 5. The van der Waals surface area contributed by atoms with Gasteiger partial charge in [0.2, 0.25) is 59.1 Å². The number of nitrogens with two attached hydrogens (primary N) is 14. The van der Waals surface area contributed by atoms with E-state index in [0.717, 1.165) is 0 Å². The Kier molecular flexibility index (Phi) is 44.8. The largest absolute Gasteiger partial charge is 0.480 e. The fourth-order valence-electron chi connectivity index (χ4n) is 10.3. The Morgan fingerprint density at radius 2 is 0.689 bits per heavy atom. The third-order valence-electron chi connectivity index (χ3n) is 15.7. The van der Waals surface area contributed by atoms with Crippen molar-refractivity contribution in [1.29, 1.82) is 0 Å². The average Bonchev–Trinajstić information content (AvgIpc) is 1.75. The van der Waals surface area contributed by atoms with Crippen LogP contribution in [0.2, 0.25) is 0 Å². The van der Waals surface area contributed by atoms with Gasteiger partial charge < -0.3 is 149 Å². The number of nitrogens with one attached hydrogen (secondary N) is 10. The molecule has 1 fully saturated rings. The number of aliphatic carboxylic acids is 1. The van der Waals surface area contributed by atoms with Gasteiger partial charge in [-0.15, -0.1) is 0 Å². The molecular weight excluding hydrogens is 1350 g/mol. The lowest BCUT2D eigenvalue weighted by Crippen LogP contribution is -2.60. The fourth-order valence-corrected chi connectivity index (χ4v) is 10.3. The summed E-state index contributed by atoms with van der Waals surface area (Å²) in [7, 11) is 0. The SMILES string of the molecule is C[C@@H](O)[C@H](N)C(=O)N1CCC[C@H]1C(=O)N[C@@H](CCCN=C(N)N)C(=O)N[C@@H](CCCNC(N)=O)C(=O)N[C@@H](CCCN=C(N)N)C(=O)N[C@@H](CCCN=C(N)N)C(=O)N[C@@H](CCCN=C(N)N)C(=O)N[C@@H](CCCCN)C(=O)N[C@@H](CCCCN)C(=O)N[C@@H](CCCN=C(N)N)C(=O)NCC(=O)O. The van der Waals surface area contributed by atoms with E-state index < -0.39 is 144 Å². The molecule has 44 heteroatoms. The molecule has 0 spiro atoms. The number of primary amides is 1. The summed E-state index contributed by atoms with van der Waals surface area (Å²) in [6, 6.07) is -15.1. The van der Waals surface area contributed by atoms with Crippen LogP contribution >= 0.6 is 0 Å². The van der Waals surface area contributed by atoms with Crippen LogP contribution in [0.25, 0.3) is 0 Å². The molecule has 1 rings (SSSR count). The van der Waals surface area contributed by atoms with Gasteiger partial charge in [-0.2, -0.15) is 0 Å². The van der Waals surface area contributed by atoms with Crippen molar-refractivity contribution in [2.75, 3.05) is 65.4 Å². The standard InChI is InChI=1S/C59H114N30O14/c1-32(90)43(62)53(102)89-30-12-21-41(89)52(101)88-40(19-10-28-78-58(71)72)51(100)87-39(20-11-29-79-59(73)103)50(99)86-38(18-9-27-77-57(69)70)49(98)85-37(17-8-26-76-56(67)68)48(97)84-36(16-7-25-75-55(65)66)47(96)83-35(14-3-5-23-61)46(95)82-34(13-2-4-22-60)45(94)81-33(15-6-24-74-54(63)64)44(93)80-31-42(91)92/h32-41,43,90H,2-31,60-62H2,1H3,(H,80,93)(H,81,94)(H,82,95)(H,83,96)(H,84,97)(H,85,98)(H,86,99)(H,87,100)(H,88,101)(H,91,92)(H4,63,64,74)(H4,65,66,75)(H4,67,68,76)(H4,69,70,77)(H4,71,72,78)(H3,73,79,103)/t32-,33+,34+,35+,36+,37+,38+,39+,40+,41+,43+/m1/s1. The summed E-state index contributed by atoms with van der Waals surface area (Å²) in [5, 5.41) is 45.1. The first-order valence-electron chi connectivity index (χ1n) is 34.1. The Bertz CT molecular complexity index is 2880. The number of rotatable bonds is 53. The Labute approximate surface area is 597 Å². The van der Waals surface area contributed by atoms with Gasteiger partial charge in [0, 0.05) is 45.8 Å². The number of unbranched alkanes of at least 4 members (excludes halogenated alkanes) is 2. The molecule has 584 valence electrons. The zero-order valence-corrected chi connectivity index (χ0v) is 58.6. The van der Waals surface area contributed by atoms with E-state index in [4.69, 9.17) is 80.3 Å². The molecule has 1 aliphatic heterocycles. The first-order chi connectivity index (χ1) is 48.7. The number of carboxylic acids is 1. The number of urea groups is 1. The number of likely N-dealkylation sites (tertiary alicyclic amines) is 1. The molecule has 12 amide bonds. The summed E-state index contributed by atoms with van der Waals surface area (Å²) in [5.74, 6) is -11.7. The second-order valence-corrected chi connectivity index (χ2v) is 24.3. The summed E-state index contributed by atoms with van der Waals surface area (Å²) < 4.78 is 0. The van der Waals surface area contributed by atoms with Crippen LogP contribution in [0.5, 0.6) is 0 Å². The fraction of sp³-hybridized carbons (Fsp3) is 0.712. The number of carboxylic acid groups (broad SMARTS) is 1. The molecular formula is C59H114N30O14. The van der Waals surface area contributed by atoms with E-state index in [1.165, 1.54) is 11.8 Å². The van der Waals surface area contributed by atoms with Crippen LogP contribution in [0.3, 0.4) is 0 Å². The summed E-state index contributed by atoms with van der Waals surface area (Å²) in [4.78, 5) is 187. The molecule has 0 unspecified atom stereocenters. The molecule has 1 saturated heterocycles. The van der Waals surface area contributed by atoms with Crippen molar-refractivity contribution in [2.45, 2.75) is 202 Å². The predicted octanol–water partition coefficient (Wildman–Crippen LogP) is -11.3. The van der Waals surface area contributed by atoms with Crippen molar-refractivity contribution in [1.82, 2.24) is 58.1 Å². The maximum atomic E-state index is 14.8. The molecule has 11 atom stereocenters. The van der Waals surface area contributed by atoms with E-state index in [9.17, 15) is 67.7 Å². The summed E-state index contributed by atoms with van der Waals surface area (Å²) in [6.45, 7) is 0.735. The number of hydrogen-bond acceptors (Lipinski definition) is 21. The first kappa shape index (κ1) is 90.6. The molecule has 103 heavy (non-hydrogen) atoms. The lowest BCUT2D eigenvalue weighted by atomic mass is 10.0. The van der Waals surface area contributed by atoms with E-state index in [1.54, 1.807) is 0 Å². The third kappa shape index (κ3) is 39.4. The quantitative estimate of drug-likeness (QED) is 0.0153. The Hall–Kier alpha value is -10.4. The number of carbonyl (C=O) groups is 12. The molecule has 0 aromatic rings. The molecule has 1 aliphatic rings. The van der Waals surface area contributed by atoms with Gasteiger partial charge in [0.15, 0.2) is 29.8 Å². The van der Waals surface area contributed by atoms with Crippen LogP contribution in [0.1, 0.15) is 135 Å². The average molecular weight is 1470 g/mol. The molecule has 40 N–H and O–H groups in total. The number of nitrogens with zero attached hydrogens (tertiary/aromatic N) is 6. The van der Waals surface area contributed by atoms with Gasteiger partial charge in [-0.05, 0) is 148 Å². The van der Waals surface area contributed by atoms with Crippen LogP contribution in [0.15, 0.2) is 25.0 Å². The van der Waals surface area contributed by atoms with Gasteiger partial charge in [0.05, 0.1) is 6.10 Å². The number of aliphatic hydroxyl groups is 1. The van der Waals surface area contributed by atoms with E-state index in [0.29, 0.717) is 19.3 Å². The van der Waals surface area contributed by atoms with E-state index in [1.807, 2.05) is 0 Å². The highest BCUT2D eigenvalue weighted by Gasteiger charge is 2.40. The van der Waals surface area contributed by atoms with E-state index in [2.05, 4.69) is 78.1 Å². The van der Waals surface area contributed by atoms with Gasteiger partial charge in [-0.25, -0.2) is 4.79 Å². The minimum atomic E-state index is -1.57. The Balaban J connectivity index is 3.97. The molecule has 1 heterocycles. The van der Waals surface area contributed by atoms with Crippen LogP contribution in [-0.2, 0) is 52.7 Å². The number of carbonyl (C=O) groups excluding carboxylic acids is 11. The number of guanidine groups is 5. The van der Waals surface area contributed by atoms with Crippen LogP contribution < -0.4 is 133 Å². The van der Waals surface area contributed by atoms with Crippen molar-refractivity contribution >= 4 is 101 Å². The second-order valence-electron chi connectivity index (χ2n) is 24.3. The third-order valence-corrected chi connectivity index (χ3v) is 15.7. The summed E-state index contributed by atoms with van der Waals surface area (Å²) in [5.41, 5.74) is 78.5. The van der Waals surface area contributed by atoms with Gasteiger partial charge in [0.1, 0.15) is 67.0 Å². The maximum absolute atomic E-state index is 14.8. The van der Waals surface area contributed by atoms with Crippen LogP contribution in [-0.4, -0.2) is 248 Å². The van der Waals surface area contributed by atoms with Gasteiger partial charge in [-0.3, -0.25) is 77.7 Å². The van der Waals surface area contributed by atoms with Crippen molar-refractivity contribution in [2.24, 2.45) is 105 Å². The second kappa shape index (κ2) is 50.9. The Morgan fingerprint density at radius 3 is 0.961 bits per heavy atom. The zero-order valence-electron chi connectivity index (χ0n) is 58.6. The van der Waals surface area contributed by atoms with Gasteiger partial charge in [-0.1, -0.05) is 0 Å². The van der Waals surface area contributed by atoms with Crippen molar-refractivity contribution in [3.8, 4) is 0 Å². The molecule has 0 aromatic heterocycles. The molecule has 0 aromatic carbocycles. The zero-order chi connectivity index (χ0) is 77.6. The molecule has 0 radical (unpaired) electrons. The van der Waals surface area contributed by atoms with E-state index >= 15 is 0 Å². The van der Waals surface area contributed by atoms with Crippen molar-refractivity contribution < 1.29 is 67.7 Å². The smallest absolute Gasteiger partial charge is 0.322 e. The highest BCUT2D eigenvalue weighted by molar-refractivity contribution is 5.99. The minimum absolute atomic E-state index is 0.00634. The first-order valence-corrected chi connectivity index (χ1v) is 34.1. The molecule has 0 aliphatic carbocycles. The van der Waals surface area contributed by atoms with Crippen LogP contribution in [0.4, 0.5) is 4.79 Å². The Morgan fingerprint density at radius 1 is 0.408 bits per heavy atom. The van der Waals surface area contributed by atoms with Gasteiger partial charge in [0.25, 0.3) is 0 Å². The summed E-state index contributed by atoms with van der Waals surface area (Å²) in [6.07, 6.45) is -0.306. The topological polar surface area (TPSA) is 795 Å². The highest BCUT2D eigenvalue weighted by Crippen LogP contribution is 2.20. The molecule has 0 bridgehead atoms. The number of hydrogen-bond donors (Lipinski definition) is 26. The number of aliphatic hydroxyl groups excluding tert-OH is 1. The number of amides is 12. The lowest BCUT2D eigenvalue weighted by molar-refractivity contribution is -0.142.